The van der Waals surface area contributed by atoms with Crippen LogP contribution in [0, 0.1) is 0 Å². The number of nitrogens with one attached hydrogen (secondary N) is 1. The SMILES string of the molecule is COCCONCc1cc(Br)cc(Br)c1OC. The molecule has 1 rings (SSSR count). The van der Waals surface area contributed by atoms with E-state index in [1.165, 1.54) is 0 Å². The van der Waals surface area contributed by atoms with E-state index in [4.69, 9.17) is 14.3 Å². The summed E-state index contributed by atoms with van der Waals surface area (Å²) >= 11 is 6.88. The van der Waals surface area contributed by atoms with Crippen molar-refractivity contribution in [1.29, 1.82) is 0 Å². The second kappa shape index (κ2) is 8.05. The van der Waals surface area contributed by atoms with Crippen molar-refractivity contribution < 1.29 is 14.3 Å². The lowest BCUT2D eigenvalue weighted by atomic mass is 10.2. The summed E-state index contributed by atoms with van der Waals surface area (Å²) in [6.07, 6.45) is 0. The number of rotatable bonds is 7. The van der Waals surface area contributed by atoms with Crippen LogP contribution in [0.25, 0.3) is 0 Å². The van der Waals surface area contributed by atoms with Crippen LogP contribution in [0.3, 0.4) is 0 Å². The molecule has 0 unspecified atom stereocenters. The van der Waals surface area contributed by atoms with E-state index in [0.717, 1.165) is 20.3 Å². The third kappa shape index (κ3) is 4.93. The third-order valence-electron chi connectivity index (χ3n) is 2.04. The number of hydrogen-bond acceptors (Lipinski definition) is 4. The van der Waals surface area contributed by atoms with Gasteiger partial charge in [0, 0.05) is 23.7 Å². The average molecular weight is 369 g/mol. The van der Waals surface area contributed by atoms with E-state index < -0.39 is 0 Å². The highest BCUT2D eigenvalue weighted by Gasteiger charge is 2.08. The van der Waals surface area contributed by atoms with Crippen LogP contribution in [0.2, 0.25) is 0 Å². The summed E-state index contributed by atoms with van der Waals surface area (Å²) in [5.74, 6) is 0.802. The topological polar surface area (TPSA) is 39.7 Å². The minimum atomic E-state index is 0.508. The highest BCUT2D eigenvalue weighted by molar-refractivity contribution is 9.11. The van der Waals surface area contributed by atoms with Crippen LogP contribution >= 0.6 is 31.9 Å². The summed E-state index contributed by atoms with van der Waals surface area (Å²) in [4.78, 5) is 5.20. The molecule has 4 nitrogen and oxygen atoms in total. The maximum absolute atomic E-state index is 5.32. The van der Waals surface area contributed by atoms with Crippen LogP contribution in [0.4, 0.5) is 0 Å². The molecular weight excluding hydrogens is 354 g/mol. The van der Waals surface area contributed by atoms with Gasteiger partial charge in [-0.25, -0.2) is 0 Å². The molecule has 17 heavy (non-hydrogen) atoms. The van der Waals surface area contributed by atoms with Crippen LogP contribution in [0.15, 0.2) is 21.1 Å². The van der Waals surface area contributed by atoms with Gasteiger partial charge in [0.15, 0.2) is 0 Å². The summed E-state index contributed by atoms with van der Waals surface area (Å²) in [7, 11) is 3.28. The second-order valence-corrected chi connectivity index (χ2v) is 5.01. The Morgan fingerprint density at radius 1 is 1.18 bits per heavy atom. The molecular formula is C11H15Br2NO3. The molecule has 0 saturated carbocycles. The van der Waals surface area contributed by atoms with Gasteiger partial charge >= 0.3 is 0 Å². The molecule has 1 aromatic rings. The number of benzene rings is 1. The summed E-state index contributed by atoms with van der Waals surface area (Å²) in [6, 6.07) is 3.92. The van der Waals surface area contributed by atoms with Gasteiger partial charge in [-0.05, 0) is 28.1 Å². The summed E-state index contributed by atoms with van der Waals surface area (Å²) in [5, 5.41) is 0. The minimum Gasteiger partial charge on any atom is -0.495 e. The predicted molar refractivity (Wildman–Crippen MR) is 73.1 cm³/mol. The van der Waals surface area contributed by atoms with Crippen LogP contribution in [0.1, 0.15) is 5.56 Å². The molecule has 0 spiro atoms. The minimum absolute atomic E-state index is 0.508. The monoisotopic (exact) mass is 367 g/mol. The Kier molecular flexibility index (Phi) is 7.06. The predicted octanol–water partition coefficient (Wildman–Crippen LogP) is 2.89. The van der Waals surface area contributed by atoms with E-state index in [2.05, 4.69) is 37.3 Å². The normalized spacial score (nSPS) is 10.6. The zero-order chi connectivity index (χ0) is 12.7. The van der Waals surface area contributed by atoms with Gasteiger partial charge in [0.05, 0.1) is 24.8 Å². The highest BCUT2D eigenvalue weighted by atomic mass is 79.9. The molecule has 0 fully saturated rings. The average Bonchev–Trinajstić information content (AvgIpc) is 2.28. The molecule has 0 aliphatic rings. The van der Waals surface area contributed by atoms with Crippen molar-refractivity contribution in [3.63, 3.8) is 0 Å². The van der Waals surface area contributed by atoms with Crippen molar-refractivity contribution in [2.24, 2.45) is 0 Å². The number of hydroxylamine groups is 1. The molecule has 0 aromatic heterocycles. The van der Waals surface area contributed by atoms with Gasteiger partial charge in [0.1, 0.15) is 5.75 Å². The van der Waals surface area contributed by atoms with Gasteiger partial charge in [0.25, 0.3) is 0 Å². The van der Waals surface area contributed by atoms with Gasteiger partial charge in [-0.1, -0.05) is 15.9 Å². The first-order chi connectivity index (χ1) is 8.19. The number of halogens is 2. The van der Waals surface area contributed by atoms with Crippen molar-refractivity contribution in [1.82, 2.24) is 5.48 Å². The fraction of sp³-hybridized carbons (Fsp3) is 0.455. The van der Waals surface area contributed by atoms with E-state index in [1.54, 1.807) is 14.2 Å². The van der Waals surface area contributed by atoms with Gasteiger partial charge in [-0.15, -0.1) is 0 Å². The van der Waals surface area contributed by atoms with Gasteiger partial charge in [-0.3, -0.25) is 4.84 Å². The van der Waals surface area contributed by atoms with E-state index in [9.17, 15) is 0 Å². The number of ether oxygens (including phenoxy) is 2. The first-order valence-corrected chi connectivity index (χ1v) is 6.63. The Bertz CT molecular complexity index is 361. The maximum atomic E-state index is 5.32. The van der Waals surface area contributed by atoms with Crippen molar-refractivity contribution >= 4 is 31.9 Å². The summed E-state index contributed by atoms with van der Waals surface area (Å²) in [5.41, 5.74) is 3.87. The fourth-order valence-corrected chi connectivity index (χ4v) is 2.78. The van der Waals surface area contributed by atoms with Crippen LogP contribution in [-0.2, 0) is 16.1 Å². The Balaban J connectivity index is 2.57. The smallest absolute Gasteiger partial charge is 0.137 e. The van der Waals surface area contributed by atoms with Crippen LogP contribution in [0.5, 0.6) is 5.75 Å². The fourth-order valence-electron chi connectivity index (χ4n) is 1.30. The standard InChI is InChI=1S/C11H15Br2NO3/c1-15-3-4-17-14-7-8-5-9(12)6-10(13)11(8)16-2/h5-6,14H,3-4,7H2,1-2H3. The van der Waals surface area contributed by atoms with Crippen molar-refractivity contribution in [3.05, 3.63) is 26.6 Å². The molecule has 0 aliphatic heterocycles. The number of methoxy groups -OCH3 is 2. The van der Waals surface area contributed by atoms with Crippen molar-refractivity contribution in [2.45, 2.75) is 6.54 Å². The molecule has 0 radical (unpaired) electrons. The van der Waals surface area contributed by atoms with E-state index in [0.29, 0.717) is 19.8 Å². The Labute approximate surface area is 118 Å². The van der Waals surface area contributed by atoms with Gasteiger partial charge < -0.3 is 9.47 Å². The first-order valence-electron chi connectivity index (χ1n) is 5.04. The van der Waals surface area contributed by atoms with Crippen LogP contribution < -0.4 is 10.2 Å². The molecule has 0 heterocycles. The zero-order valence-corrected chi connectivity index (χ0v) is 12.9. The molecule has 0 atom stereocenters. The van der Waals surface area contributed by atoms with E-state index in [-0.39, 0.29) is 0 Å². The second-order valence-electron chi connectivity index (χ2n) is 3.24. The molecule has 96 valence electrons. The zero-order valence-electron chi connectivity index (χ0n) is 9.76. The number of hydrogen-bond donors (Lipinski definition) is 1. The van der Waals surface area contributed by atoms with E-state index in [1.807, 2.05) is 12.1 Å². The highest BCUT2D eigenvalue weighted by Crippen LogP contribution is 2.32. The first kappa shape index (κ1) is 14.9. The van der Waals surface area contributed by atoms with Crippen LogP contribution in [-0.4, -0.2) is 27.4 Å². The van der Waals surface area contributed by atoms with Crippen molar-refractivity contribution in [2.75, 3.05) is 27.4 Å². The maximum Gasteiger partial charge on any atom is 0.137 e. The van der Waals surface area contributed by atoms with Crippen molar-refractivity contribution in [3.8, 4) is 5.75 Å². The summed E-state index contributed by atoms with van der Waals surface area (Å²) < 4.78 is 12.1. The largest absolute Gasteiger partial charge is 0.495 e. The molecule has 0 aliphatic carbocycles. The molecule has 0 amide bonds. The molecule has 1 N–H and O–H groups in total. The third-order valence-corrected chi connectivity index (χ3v) is 3.09. The molecule has 1 aromatic carbocycles. The quantitative estimate of drug-likeness (QED) is 0.593. The lowest BCUT2D eigenvalue weighted by Gasteiger charge is -2.12. The van der Waals surface area contributed by atoms with Gasteiger partial charge in [0.2, 0.25) is 0 Å². The Morgan fingerprint density at radius 2 is 1.94 bits per heavy atom. The van der Waals surface area contributed by atoms with Gasteiger partial charge in [-0.2, -0.15) is 5.48 Å². The van der Waals surface area contributed by atoms with E-state index >= 15 is 0 Å². The molecule has 6 heteroatoms. The molecule has 0 saturated heterocycles. The Hall–Kier alpha value is -0.140. The Morgan fingerprint density at radius 3 is 2.59 bits per heavy atom. The summed E-state index contributed by atoms with van der Waals surface area (Å²) in [6.45, 7) is 1.63. The lowest BCUT2D eigenvalue weighted by molar-refractivity contribution is 0.00320. The molecule has 0 bridgehead atoms. The lowest BCUT2D eigenvalue weighted by Crippen LogP contribution is -2.17.